The van der Waals surface area contributed by atoms with Crippen molar-refractivity contribution in [2.45, 2.75) is 44.6 Å². The average molecular weight is 214 g/mol. The molecule has 0 saturated heterocycles. The lowest BCUT2D eigenvalue weighted by molar-refractivity contribution is -0.136. The van der Waals surface area contributed by atoms with Gasteiger partial charge in [0.1, 0.15) is 0 Å². The Kier molecular flexibility index (Phi) is 3.94. The SMILES string of the molecule is CC1(NC(=O)NCCC(=O)O)CCCC1. The summed E-state index contributed by atoms with van der Waals surface area (Å²) in [5, 5.41) is 13.8. The molecule has 0 bridgehead atoms. The maximum absolute atomic E-state index is 11.4. The third-order valence-electron chi connectivity index (χ3n) is 2.75. The molecule has 1 fully saturated rings. The van der Waals surface area contributed by atoms with Crippen LogP contribution in [-0.4, -0.2) is 29.2 Å². The van der Waals surface area contributed by atoms with Crippen LogP contribution in [0.5, 0.6) is 0 Å². The van der Waals surface area contributed by atoms with Crippen LogP contribution in [-0.2, 0) is 4.79 Å². The summed E-state index contributed by atoms with van der Waals surface area (Å²) < 4.78 is 0. The quantitative estimate of drug-likeness (QED) is 0.655. The molecule has 0 aromatic heterocycles. The highest BCUT2D eigenvalue weighted by atomic mass is 16.4. The number of amides is 2. The van der Waals surface area contributed by atoms with Crippen molar-refractivity contribution in [1.29, 1.82) is 0 Å². The average Bonchev–Trinajstić information content (AvgIpc) is 2.50. The molecule has 1 aliphatic rings. The molecule has 5 heteroatoms. The number of hydrogen-bond donors (Lipinski definition) is 3. The molecule has 5 nitrogen and oxygen atoms in total. The van der Waals surface area contributed by atoms with Gasteiger partial charge in [0, 0.05) is 12.1 Å². The van der Waals surface area contributed by atoms with Crippen molar-refractivity contribution in [3.05, 3.63) is 0 Å². The van der Waals surface area contributed by atoms with E-state index >= 15 is 0 Å². The van der Waals surface area contributed by atoms with Gasteiger partial charge in [0.2, 0.25) is 0 Å². The molecule has 15 heavy (non-hydrogen) atoms. The molecule has 0 unspecified atom stereocenters. The van der Waals surface area contributed by atoms with E-state index in [0.29, 0.717) is 0 Å². The molecule has 0 aromatic rings. The van der Waals surface area contributed by atoms with Gasteiger partial charge in [-0.3, -0.25) is 4.79 Å². The molecular weight excluding hydrogens is 196 g/mol. The standard InChI is InChI=1S/C10H18N2O3/c1-10(5-2-3-6-10)12-9(15)11-7-4-8(13)14/h2-7H2,1H3,(H,13,14)(H2,11,12,15). The zero-order valence-electron chi connectivity index (χ0n) is 9.01. The smallest absolute Gasteiger partial charge is 0.315 e. The summed E-state index contributed by atoms with van der Waals surface area (Å²) in [5.74, 6) is -0.901. The van der Waals surface area contributed by atoms with Crippen LogP contribution >= 0.6 is 0 Å². The minimum Gasteiger partial charge on any atom is -0.481 e. The fourth-order valence-corrected chi connectivity index (χ4v) is 1.88. The summed E-state index contributed by atoms with van der Waals surface area (Å²) in [7, 11) is 0. The fraction of sp³-hybridized carbons (Fsp3) is 0.800. The third kappa shape index (κ3) is 4.18. The number of nitrogens with one attached hydrogen (secondary N) is 2. The first kappa shape index (κ1) is 11.8. The highest BCUT2D eigenvalue weighted by molar-refractivity contribution is 5.75. The number of carbonyl (C=O) groups excluding carboxylic acids is 1. The highest BCUT2D eigenvalue weighted by Gasteiger charge is 2.29. The summed E-state index contributed by atoms with van der Waals surface area (Å²) in [6.07, 6.45) is 4.25. The molecular formula is C10H18N2O3. The van der Waals surface area contributed by atoms with Gasteiger partial charge in [-0.25, -0.2) is 4.79 Å². The van der Waals surface area contributed by atoms with Crippen molar-refractivity contribution in [2.24, 2.45) is 0 Å². The van der Waals surface area contributed by atoms with Crippen molar-refractivity contribution in [1.82, 2.24) is 10.6 Å². The van der Waals surface area contributed by atoms with E-state index in [0.717, 1.165) is 25.7 Å². The molecule has 1 saturated carbocycles. The monoisotopic (exact) mass is 214 g/mol. The van der Waals surface area contributed by atoms with Gasteiger partial charge in [0.25, 0.3) is 0 Å². The van der Waals surface area contributed by atoms with Gasteiger partial charge in [0.15, 0.2) is 0 Å². The maximum atomic E-state index is 11.4. The first-order chi connectivity index (χ1) is 7.02. The topological polar surface area (TPSA) is 78.4 Å². The maximum Gasteiger partial charge on any atom is 0.315 e. The van der Waals surface area contributed by atoms with Crippen molar-refractivity contribution in [3.63, 3.8) is 0 Å². The molecule has 0 aromatic carbocycles. The lowest BCUT2D eigenvalue weighted by Gasteiger charge is -2.25. The molecule has 0 spiro atoms. The van der Waals surface area contributed by atoms with Crippen molar-refractivity contribution in [3.8, 4) is 0 Å². The van der Waals surface area contributed by atoms with E-state index in [9.17, 15) is 9.59 Å². The minimum absolute atomic E-state index is 0.0376. The molecule has 0 heterocycles. The molecule has 86 valence electrons. The normalized spacial score (nSPS) is 18.5. The van der Waals surface area contributed by atoms with E-state index in [1.165, 1.54) is 0 Å². The lowest BCUT2D eigenvalue weighted by Crippen LogP contribution is -2.48. The van der Waals surface area contributed by atoms with Crippen LogP contribution in [0.3, 0.4) is 0 Å². The van der Waals surface area contributed by atoms with Crippen LogP contribution in [0.15, 0.2) is 0 Å². The zero-order valence-corrected chi connectivity index (χ0v) is 9.01. The number of carboxylic acid groups (broad SMARTS) is 1. The Hall–Kier alpha value is -1.26. The van der Waals surface area contributed by atoms with Crippen LogP contribution in [0.2, 0.25) is 0 Å². The van der Waals surface area contributed by atoms with Gasteiger partial charge < -0.3 is 15.7 Å². The van der Waals surface area contributed by atoms with Gasteiger partial charge in [-0.2, -0.15) is 0 Å². The third-order valence-corrected chi connectivity index (χ3v) is 2.75. The number of carbonyl (C=O) groups is 2. The van der Waals surface area contributed by atoms with Gasteiger partial charge >= 0.3 is 12.0 Å². The van der Waals surface area contributed by atoms with Crippen LogP contribution in [0.25, 0.3) is 0 Å². The molecule has 3 N–H and O–H groups in total. The fourth-order valence-electron chi connectivity index (χ4n) is 1.88. The van der Waals surface area contributed by atoms with E-state index in [1.807, 2.05) is 6.92 Å². The van der Waals surface area contributed by atoms with Gasteiger partial charge in [0.05, 0.1) is 6.42 Å². The number of aliphatic carboxylic acids is 1. The Morgan fingerprint density at radius 2 is 1.93 bits per heavy atom. The predicted octanol–water partition coefficient (Wildman–Crippen LogP) is 1.09. The van der Waals surface area contributed by atoms with Crippen molar-refractivity contribution >= 4 is 12.0 Å². The predicted molar refractivity (Wildman–Crippen MR) is 55.7 cm³/mol. The number of urea groups is 1. The molecule has 2 amide bonds. The van der Waals surface area contributed by atoms with Gasteiger partial charge in [-0.1, -0.05) is 12.8 Å². The summed E-state index contributed by atoms with van der Waals surface area (Å²) >= 11 is 0. The zero-order chi connectivity index (χ0) is 11.3. The minimum atomic E-state index is -0.901. The van der Waals surface area contributed by atoms with E-state index in [2.05, 4.69) is 10.6 Å². The van der Waals surface area contributed by atoms with Gasteiger partial charge in [-0.15, -0.1) is 0 Å². The van der Waals surface area contributed by atoms with Gasteiger partial charge in [-0.05, 0) is 19.8 Å². The Bertz CT molecular complexity index is 247. The second-order valence-electron chi connectivity index (χ2n) is 4.29. The number of rotatable bonds is 4. The van der Waals surface area contributed by atoms with E-state index in [1.54, 1.807) is 0 Å². The van der Waals surface area contributed by atoms with Crippen LogP contribution in [0.1, 0.15) is 39.0 Å². The number of carboxylic acids is 1. The lowest BCUT2D eigenvalue weighted by atomic mass is 10.0. The largest absolute Gasteiger partial charge is 0.481 e. The molecule has 0 aliphatic heterocycles. The summed E-state index contributed by atoms with van der Waals surface area (Å²) in [6, 6.07) is -0.263. The highest BCUT2D eigenvalue weighted by Crippen LogP contribution is 2.28. The second-order valence-corrected chi connectivity index (χ2v) is 4.29. The van der Waals surface area contributed by atoms with E-state index in [4.69, 9.17) is 5.11 Å². The Labute approximate surface area is 89.2 Å². The van der Waals surface area contributed by atoms with Crippen LogP contribution in [0.4, 0.5) is 4.79 Å². The molecule has 1 rings (SSSR count). The van der Waals surface area contributed by atoms with Crippen LogP contribution in [0, 0.1) is 0 Å². The summed E-state index contributed by atoms with van der Waals surface area (Å²) in [5.41, 5.74) is -0.104. The first-order valence-electron chi connectivity index (χ1n) is 5.30. The Morgan fingerprint density at radius 1 is 1.33 bits per heavy atom. The Morgan fingerprint density at radius 3 is 2.47 bits per heavy atom. The first-order valence-corrected chi connectivity index (χ1v) is 5.30. The Balaban J connectivity index is 2.20. The van der Waals surface area contributed by atoms with E-state index < -0.39 is 5.97 Å². The second kappa shape index (κ2) is 5.00. The number of hydrogen-bond acceptors (Lipinski definition) is 2. The summed E-state index contributed by atoms with van der Waals surface area (Å²) in [6.45, 7) is 2.20. The van der Waals surface area contributed by atoms with E-state index in [-0.39, 0.29) is 24.5 Å². The van der Waals surface area contributed by atoms with Crippen molar-refractivity contribution in [2.75, 3.05) is 6.54 Å². The molecule has 1 aliphatic carbocycles. The molecule has 0 atom stereocenters. The van der Waals surface area contributed by atoms with Crippen molar-refractivity contribution < 1.29 is 14.7 Å². The summed E-state index contributed by atoms with van der Waals surface area (Å²) in [4.78, 5) is 21.6. The molecule has 0 radical (unpaired) electrons. The van der Waals surface area contributed by atoms with Crippen LogP contribution < -0.4 is 10.6 Å².